The van der Waals surface area contributed by atoms with Gasteiger partial charge in [-0.3, -0.25) is 0 Å². The zero-order valence-electron chi connectivity index (χ0n) is 6.38. The fourth-order valence-electron chi connectivity index (χ4n) is 1.03. The van der Waals surface area contributed by atoms with Crippen molar-refractivity contribution in [3.8, 4) is 0 Å². The first-order chi connectivity index (χ1) is 5.22. The molecular formula is C9H12N2. The van der Waals surface area contributed by atoms with Crippen molar-refractivity contribution in [2.75, 3.05) is 11.5 Å². The summed E-state index contributed by atoms with van der Waals surface area (Å²) in [5, 5.41) is 0. The highest BCUT2D eigenvalue weighted by Gasteiger charge is 1.93. The van der Waals surface area contributed by atoms with Gasteiger partial charge in [0.15, 0.2) is 0 Å². The Hall–Kier alpha value is -1.44. The van der Waals surface area contributed by atoms with E-state index in [9.17, 15) is 0 Å². The Kier molecular flexibility index (Phi) is 2.16. The van der Waals surface area contributed by atoms with Crippen LogP contribution < -0.4 is 11.5 Å². The molecule has 0 aliphatic carbocycles. The summed E-state index contributed by atoms with van der Waals surface area (Å²) in [6, 6.07) is 5.54. The lowest BCUT2D eigenvalue weighted by Gasteiger charge is -2.00. The van der Waals surface area contributed by atoms with Crippen LogP contribution in [0.25, 0.3) is 0 Å². The Morgan fingerprint density at radius 3 is 2.18 bits per heavy atom. The minimum Gasteiger partial charge on any atom is -0.399 e. The highest BCUT2D eigenvalue weighted by molar-refractivity contribution is 5.54. The Morgan fingerprint density at radius 2 is 1.73 bits per heavy atom. The fraction of sp³-hybridized carbons (Fsp3) is 0.111. The molecule has 0 unspecified atom stereocenters. The molecule has 2 heteroatoms. The molecule has 0 atom stereocenters. The molecule has 0 bridgehead atoms. The van der Waals surface area contributed by atoms with Crippen molar-refractivity contribution in [1.82, 2.24) is 0 Å². The third-order valence-corrected chi connectivity index (χ3v) is 1.42. The van der Waals surface area contributed by atoms with Crippen molar-refractivity contribution in [1.29, 1.82) is 0 Å². The number of nitrogen functional groups attached to an aromatic ring is 2. The normalized spacial score (nSPS) is 9.45. The third-order valence-electron chi connectivity index (χ3n) is 1.42. The summed E-state index contributed by atoms with van der Waals surface area (Å²) in [6.45, 7) is 3.63. The molecule has 0 aliphatic rings. The zero-order chi connectivity index (χ0) is 8.27. The van der Waals surface area contributed by atoms with Gasteiger partial charge < -0.3 is 11.5 Å². The van der Waals surface area contributed by atoms with Gasteiger partial charge in [-0.1, -0.05) is 6.08 Å². The molecule has 4 N–H and O–H groups in total. The average Bonchev–Trinajstić information content (AvgIpc) is 1.85. The van der Waals surface area contributed by atoms with E-state index in [1.807, 2.05) is 18.2 Å². The van der Waals surface area contributed by atoms with Crippen LogP contribution in [0.3, 0.4) is 0 Å². The molecule has 0 radical (unpaired) electrons. The second kappa shape index (κ2) is 3.10. The Labute approximate surface area is 66.5 Å². The van der Waals surface area contributed by atoms with E-state index >= 15 is 0 Å². The predicted molar refractivity (Wildman–Crippen MR) is 49.2 cm³/mol. The highest BCUT2D eigenvalue weighted by atomic mass is 14.6. The maximum absolute atomic E-state index is 5.58. The molecule has 0 saturated heterocycles. The van der Waals surface area contributed by atoms with Crippen molar-refractivity contribution >= 4 is 11.4 Å². The number of benzene rings is 1. The molecule has 11 heavy (non-hydrogen) atoms. The van der Waals surface area contributed by atoms with Crippen LogP contribution in [0.2, 0.25) is 0 Å². The topological polar surface area (TPSA) is 52.0 Å². The van der Waals surface area contributed by atoms with E-state index in [1.165, 1.54) is 0 Å². The van der Waals surface area contributed by atoms with E-state index in [0.717, 1.165) is 12.0 Å². The molecule has 0 fully saturated rings. The molecule has 2 nitrogen and oxygen atoms in total. The van der Waals surface area contributed by atoms with Gasteiger partial charge in [-0.25, -0.2) is 0 Å². The Morgan fingerprint density at radius 1 is 1.18 bits per heavy atom. The minimum atomic E-state index is 0.710. The third kappa shape index (κ3) is 2.00. The van der Waals surface area contributed by atoms with Crippen LogP contribution in [-0.4, -0.2) is 0 Å². The summed E-state index contributed by atoms with van der Waals surface area (Å²) in [5.74, 6) is 0. The first-order valence-corrected chi connectivity index (χ1v) is 3.48. The fourth-order valence-corrected chi connectivity index (χ4v) is 1.03. The van der Waals surface area contributed by atoms with Crippen molar-refractivity contribution in [3.05, 3.63) is 36.4 Å². The standard InChI is InChI=1S/C9H12N2/c1-2-3-7-4-8(10)6-9(11)5-7/h2,4-6H,1,3,10-11H2. The first-order valence-electron chi connectivity index (χ1n) is 3.48. The molecule has 58 valence electrons. The van der Waals surface area contributed by atoms with Gasteiger partial charge >= 0.3 is 0 Å². The molecule has 0 aliphatic heterocycles. The smallest absolute Gasteiger partial charge is 0.0337 e. The van der Waals surface area contributed by atoms with E-state index < -0.39 is 0 Å². The lowest BCUT2D eigenvalue weighted by molar-refractivity contribution is 1.28. The highest BCUT2D eigenvalue weighted by Crippen LogP contribution is 2.13. The van der Waals surface area contributed by atoms with Gasteiger partial charge in [-0.2, -0.15) is 0 Å². The van der Waals surface area contributed by atoms with Gasteiger partial charge in [0.25, 0.3) is 0 Å². The van der Waals surface area contributed by atoms with Gasteiger partial charge in [-0.05, 0) is 30.2 Å². The van der Waals surface area contributed by atoms with Crippen LogP contribution in [0.15, 0.2) is 30.9 Å². The number of allylic oxidation sites excluding steroid dienone is 1. The van der Waals surface area contributed by atoms with Crippen LogP contribution in [0.5, 0.6) is 0 Å². The predicted octanol–water partition coefficient (Wildman–Crippen LogP) is 1.58. The van der Waals surface area contributed by atoms with Crippen LogP contribution in [0.4, 0.5) is 11.4 Å². The molecule has 1 rings (SSSR count). The Bertz CT molecular complexity index is 246. The van der Waals surface area contributed by atoms with Gasteiger partial charge in [0.2, 0.25) is 0 Å². The molecule has 1 aromatic rings. The van der Waals surface area contributed by atoms with Crippen molar-refractivity contribution < 1.29 is 0 Å². The summed E-state index contributed by atoms with van der Waals surface area (Å²) in [5.41, 5.74) is 13.7. The van der Waals surface area contributed by atoms with Crippen LogP contribution in [0, 0.1) is 0 Å². The SMILES string of the molecule is C=CCc1cc(N)cc(N)c1. The maximum atomic E-state index is 5.58. The molecule has 0 heterocycles. The molecule has 0 amide bonds. The van der Waals surface area contributed by atoms with E-state index in [4.69, 9.17) is 11.5 Å². The van der Waals surface area contributed by atoms with Gasteiger partial charge in [0.1, 0.15) is 0 Å². The molecule has 0 saturated carbocycles. The number of hydrogen-bond acceptors (Lipinski definition) is 2. The van der Waals surface area contributed by atoms with Gasteiger partial charge in [-0.15, -0.1) is 6.58 Å². The van der Waals surface area contributed by atoms with Gasteiger partial charge in [0, 0.05) is 11.4 Å². The number of hydrogen-bond donors (Lipinski definition) is 2. The summed E-state index contributed by atoms with van der Waals surface area (Å²) < 4.78 is 0. The summed E-state index contributed by atoms with van der Waals surface area (Å²) in [6.07, 6.45) is 2.64. The Balaban J connectivity index is 2.98. The van der Waals surface area contributed by atoms with Crippen LogP contribution in [0.1, 0.15) is 5.56 Å². The van der Waals surface area contributed by atoms with E-state index in [2.05, 4.69) is 6.58 Å². The first kappa shape index (κ1) is 7.66. The van der Waals surface area contributed by atoms with Crippen molar-refractivity contribution in [2.24, 2.45) is 0 Å². The van der Waals surface area contributed by atoms with Crippen LogP contribution in [-0.2, 0) is 6.42 Å². The largest absolute Gasteiger partial charge is 0.399 e. The van der Waals surface area contributed by atoms with Crippen molar-refractivity contribution in [3.63, 3.8) is 0 Å². The number of rotatable bonds is 2. The lowest BCUT2D eigenvalue weighted by Crippen LogP contribution is -1.92. The zero-order valence-corrected chi connectivity index (χ0v) is 6.38. The van der Waals surface area contributed by atoms with E-state index in [0.29, 0.717) is 11.4 Å². The summed E-state index contributed by atoms with van der Waals surface area (Å²) in [4.78, 5) is 0. The van der Waals surface area contributed by atoms with Crippen LogP contribution >= 0.6 is 0 Å². The van der Waals surface area contributed by atoms with E-state index in [1.54, 1.807) is 6.07 Å². The lowest BCUT2D eigenvalue weighted by atomic mass is 10.1. The minimum absolute atomic E-state index is 0.710. The average molecular weight is 148 g/mol. The number of nitrogens with two attached hydrogens (primary N) is 2. The molecule has 0 spiro atoms. The van der Waals surface area contributed by atoms with Crippen molar-refractivity contribution in [2.45, 2.75) is 6.42 Å². The van der Waals surface area contributed by atoms with E-state index in [-0.39, 0.29) is 0 Å². The quantitative estimate of drug-likeness (QED) is 0.494. The van der Waals surface area contributed by atoms with Gasteiger partial charge in [0.05, 0.1) is 0 Å². The maximum Gasteiger partial charge on any atom is 0.0337 e. The molecule has 0 aromatic heterocycles. The molecular weight excluding hydrogens is 136 g/mol. The monoisotopic (exact) mass is 148 g/mol. The summed E-state index contributed by atoms with van der Waals surface area (Å²) >= 11 is 0. The second-order valence-electron chi connectivity index (χ2n) is 2.50. The summed E-state index contributed by atoms with van der Waals surface area (Å²) in [7, 11) is 0. The number of anilines is 2. The second-order valence-corrected chi connectivity index (χ2v) is 2.50. The molecule has 1 aromatic carbocycles.